The van der Waals surface area contributed by atoms with Crippen LogP contribution in [0.2, 0.25) is 0 Å². The predicted octanol–water partition coefficient (Wildman–Crippen LogP) is -4.38. The van der Waals surface area contributed by atoms with Crippen LogP contribution in [0.25, 0.3) is 0 Å². The maximum Gasteiger partial charge on any atom is 0.326 e. The number of carboxylic acid groups (broad SMARTS) is 1. The summed E-state index contributed by atoms with van der Waals surface area (Å²) < 4.78 is 0. The minimum absolute atomic E-state index is 0.0991. The Kier molecular flexibility index (Phi) is 12.9. The monoisotopic (exact) mass is 539 g/mol. The molecule has 0 aliphatic carbocycles. The van der Waals surface area contributed by atoms with Gasteiger partial charge in [-0.1, -0.05) is 0 Å². The third-order valence-electron chi connectivity index (χ3n) is 5.26. The number of amides is 6. The zero-order chi connectivity index (χ0) is 28.8. The van der Waals surface area contributed by atoms with Crippen molar-refractivity contribution in [3.63, 3.8) is 0 Å². The van der Waals surface area contributed by atoms with E-state index in [-0.39, 0.29) is 44.9 Å². The highest BCUT2D eigenvalue weighted by molar-refractivity contribution is 5.94. The molecule has 0 bridgehead atoms. The SMILES string of the molecule is NC(=O)CCC(N)C(=O)NC(CCC(N)=O)C(=O)NC(Cc1cnc[nH]1)C(=O)NC(CCC(N)=O)C(=O)O. The summed E-state index contributed by atoms with van der Waals surface area (Å²) in [5, 5.41) is 16.4. The number of carbonyl (C=O) groups is 7. The Bertz CT molecular complexity index is 1010. The van der Waals surface area contributed by atoms with Gasteiger partial charge in [0.05, 0.1) is 12.4 Å². The van der Waals surface area contributed by atoms with Crippen LogP contribution in [0.3, 0.4) is 0 Å². The van der Waals surface area contributed by atoms with Gasteiger partial charge in [-0.05, 0) is 19.3 Å². The molecule has 17 heteroatoms. The van der Waals surface area contributed by atoms with E-state index in [1.54, 1.807) is 0 Å². The van der Waals surface area contributed by atoms with Gasteiger partial charge in [-0.15, -0.1) is 0 Å². The summed E-state index contributed by atoms with van der Waals surface area (Å²) in [4.78, 5) is 89.9. The average Bonchev–Trinajstić information content (AvgIpc) is 3.34. The number of rotatable bonds is 18. The Morgan fingerprint density at radius 3 is 1.74 bits per heavy atom. The first-order valence-electron chi connectivity index (χ1n) is 11.5. The first kappa shape index (κ1) is 31.5. The molecule has 0 fully saturated rings. The van der Waals surface area contributed by atoms with E-state index in [0.29, 0.717) is 5.69 Å². The molecule has 4 unspecified atom stereocenters. The smallest absolute Gasteiger partial charge is 0.326 e. The zero-order valence-corrected chi connectivity index (χ0v) is 20.5. The molecule has 1 heterocycles. The third kappa shape index (κ3) is 11.9. The normalized spacial score (nSPS) is 13.8. The van der Waals surface area contributed by atoms with Crippen molar-refractivity contribution in [3.05, 3.63) is 18.2 Å². The number of aromatic nitrogens is 2. The lowest BCUT2D eigenvalue weighted by atomic mass is 10.1. The van der Waals surface area contributed by atoms with E-state index in [1.807, 2.05) is 0 Å². The van der Waals surface area contributed by atoms with E-state index in [9.17, 15) is 38.7 Å². The fourth-order valence-electron chi connectivity index (χ4n) is 3.18. The van der Waals surface area contributed by atoms with Crippen LogP contribution in [-0.2, 0) is 40.0 Å². The van der Waals surface area contributed by atoms with Gasteiger partial charge in [0.2, 0.25) is 35.4 Å². The Balaban J connectivity index is 3.07. The fourth-order valence-corrected chi connectivity index (χ4v) is 3.18. The van der Waals surface area contributed by atoms with Gasteiger partial charge in [0, 0.05) is 37.6 Å². The molecule has 0 aliphatic heterocycles. The van der Waals surface area contributed by atoms with Gasteiger partial charge >= 0.3 is 5.97 Å². The summed E-state index contributed by atoms with van der Waals surface area (Å²) in [6, 6.07) is -5.41. The van der Waals surface area contributed by atoms with Crippen LogP contribution in [0.1, 0.15) is 44.2 Å². The predicted molar refractivity (Wildman–Crippen MR) is 129 cm³/mol. The number of carbonyl (C=O) groups excluding carboxylic acids is 6. The second-order valence-electron chi connectivity index (χ2n) is 8.42. The van der Waals surface area contributed by atoms with Crippen molar-refractivity contribution >= 4 is 41.4 Å². The lowest BCUT2D eigenvalue weighted by Gasteiger charge is -2.25. The number of nitrogens with one attached hydrogen (secondary N) is 4. The van der Waals surface area contributed by atoms with E-state index in [1.165, 1.54) is 12.5 Å². The molecule has 6 amide bonds. The maximum absolute atomic E-state index is 13.1. The average molecular weight is 540 g/mol. The van der Waals surface area contributed by atoms with Gasteiger partial charge in [-0.2, -0.15) is 0 Å². The summed E-state index contributed by atoms with van der Waals surface area (Å²) in [5.74, 6) is -6.27. The van der Waals surface area contributed by atoms with E-state index >= 15 is 0 Å². The van der Waals surface area contributed by atoms with Crippen LogP contribution in [0.4, 0.5) is 0 Å². The number of hydrogen-bond acceptors (Lipinski definition) is 9. The molecule has 0 aromatic carbocycles. The molecule has 13 N–H and O–H groups in total. The Hall–Kier alpha value is -4.54. The molecule has 0 aliphatic rings. The molecule has 38 heavy (non-hydrogen) atoms. The van der Waals surface area contributed by atoms with Crippen molar-refractivity contribution in [3.8, 4) is 0 Å². The van der Waals surface area contributed by atoms with Crippen LogP contribution in [0, 0.1) is 0 Å². The highest BCUT2D eigenvalue weighted by Gasteiger charge is 2.31. The highest BCUT2D eigenvalue weighted by Crippen LogP contribution is 2.06. The number of nitrogens with zero attached hydrogens (tertiary/aromatic N) is 1. The van der Waals surface area contributed by atoms with E-state index < -0.39 is 65.6 Å². The van der Waals surface area contributed by atoms with Crippen molar-refractivity contribution in [2.24, 2.45) is 22.9 Å². The number of H-pyrrole nitrogens is 1. The summed E-state index contributed by atoms with van der Waals surface area (Å²) >= 11 is 0. The summed E-state index contributed by atoms with van der Waals surface area (Å²) in [5.41, 5.74) is 21.4. The van der Waals surface area contributed by atoms with Crippen molar-refractivity contribution < 1.29 is 38.7 Å². The number of nitrogens with two attached hydrogens (primary N) is 4. The lowest BCUT2D eigenvalue weighted by Crippen LogP contribution is -2.57. The molecular weight excluding hydrogens is 506 g/mol. The van der Waals surface area contributed by atoms with E-state index in [2.05, 4.69) is 25.9 Å². The van der Waals surface area contributed by atoms with Crippen molar-refractivity contribution in [1.29, 1.82) is 0 Å². The zero-order valence-electron chi connectivity index (χ0n) is 20.5. The summed E-state index contributed by atoms with van der Waals surface area (Å²) in [7, 11) is 0. The fraction of sp³-hybridized carbons (Fsp3) is 0.524. The minimum atomic E-state index is -1.48. The van der Waals surface area contributed by atoms with Crippen molar-refractivity contribution in [2.45, 2.75) is 69.1 Å². The number of aromatic amines is 1. The molecule has 4 atom stereocenters. The van der Waals surface area contributed by atoms with Gasteiger partial charge in [-0.3, -0.25) is 28.8 Å². The van der Waals surface area contributed by atoms with Gasteiger partial charge in [0.1, 0.15) is 18.1 Å². The van der Waals surface area contributed by atoms with Crippen molar-refractivity contribution in [2.75, 3.05) is 0 Å². The molecule has 0 saturated heterocycles. The molecule has 17 nitrogen and oxygen atoms in total. The maximum atomic E-state index is 13.1. The molecule has 1 aromatic heterocycles. The number of carboxylic acids is 1. The van der Waals surface area contributed by atoms with Gasteiger partial charge < -0.3 is 49.0 Å². The number of imidazole rings is 1. The van der Waals surface area contributed by atoms with Crippen LogP contribution in [-0.4, -0.2) is 80.7 Å². The van der Waals surface area contributed by atoms with Crippen molar-refractivity contribution in [1.82, 2.24) is 25.9 Å². The van der Waals surface area contributed by atoms with E-state index in [4.69, 9.17) is 22.9 Å². The molecule has 0 saturated carbocycles. The third-order valence-corrected chi connectivity index (χ3v) is 5.26. The van der Waals surface area contributed by atoms with Gasteiger partial charge in [0.15, 0.2) is 0 Å². The van der Waals surface area contributed by atoms with Crippen LogP contribution in [0.15, 0.2) is 12.5 Å². The molecule has 0 spiro atoms. The van der Waals surface area contributed by atoms with Gasteiger partial charge in [0.25, 0.3) is 0 Å². The Morgan fingerprint density at radius 2 is 1.24 bits per heavy atom. The molecular formula is C21H33N9O8. The molecule has 1 rings (SSSR count). The lowest BCUT2D eigenvalue weighted by molar-refractivity contribution is -0.142. The second kappa shape index (κ2) is 15.5. The molecule has 210 valence electrons. The summed E-state index contributed by atoms with van der Waals surface area (Å²) in [6.45, 7) is 0. The minimum Gasteiger partial charge on any atom is -0.480 e. The first-order chi connectivity index (χ1) is 17.8. The number of primary amides is 3. The second-order valence-corrected chi connectivity index (χ2v) is 8.42. The topological polar surface area (TPSA) is 309 Å². The van der Waals surface area contributed by atoms with Crippen LogP contribution >= 0.6 is 0 Å². The highest BCUT2D eigenvalue weighted by atomic mass is 16.4. The quantitative estimate of drug-likeness (QED) is 0.0862. The van der Waals surface area contributed by atoms with E-state index in [0.717, 1.165) is 0 Å². The molecule has 1 aromatic rings. The Morgan fingerprint density at radius 1 is 0.763 bits per heavy atom. The van der Waals surface area contributed by atoms with Crippen LogP contribution < -0.4 is 38.9 Å². The first-order valence-corrected chi connectivity index (χ1v) is 11.5. The standard InChI is InChI=1S/C21H33N9O8/c22-11(1-4-15(23)31)18(34)28-12(2-5-16(24)32)19(35)30-14(7-10-8-26-9-27-10)20(36)29-13(21(37)38)3-6-17(25)33/h8-9,11-14H,1-7,22H2,(H2,23,31)(H2,24,32)(H2,25,33)(H,26,27)(H,28,34)(H,29,36)(H,30,35)(H,37,38). The van der Waals surface area contributed by atoms with Crippen LogP contribution in [0.5, 0.6) is 0 Å². The van der Waals surface area contributed by atoms with Gasteiger partial charge in [-0.25, -0.2) is 9.78 Å². The molecule has 0 radical (unpaired) electrons. The number of hydrogen-bond donors (Lipinski definition) is 9. The Labute approximate surface area is 216 Å². The summed E-state index contributed by atoms with van der Waals surface area (Å²) in [6.07, 6.45) is 1.10. The number of aliphatic carboxylic acids is 1. The largest absolute Gasteiger partial charge is 0.480 e.